The van der Waals surface area contributed by atoms with Crippen LogP contribution in [0.3, 0.4) is 0 Å². The summed E-state index contributed by atoms with van der Waals surface area (Å²) < 4.78 is 39.8. The third-order valence-electron chi connectivity index (χ3n) is 1.67. The molecule has 0 bridgehead atoms. The highest BCUT2D eigenvalue weighted by molar-refractivity contribution is 14.1. The molecule has 10 heteroatoms. The van der Waals surface area contributed by atoms with E-state index in [-0.39, 0.29) is 9.39 Å². The van der Waals surface area contributed by atoms with E-state index in [0.717, 1.165) is 0 Å². The van der Waals surface area contributed by atoms with Crippen molar-refractivity contribution in [2.24, 2.45) is 0 Å². The molecule has 0 spiro atoms. The van der Waals surface area contributed by atoms with Crippen LogP contribution in [0.1, 0.15) is 5.69 Å². The molecule has 1 aromatic rings. The third kappa shape index (κ3) is 3.69. The lowest BCUT2D eigenvalue weighted by molar-refractivity contribution is -0.386. The number of nitro groups is 1. The summed E-state index contributed by atoms with van der Waals surface area (Å²) in [7, 11) is 0. The van der Waals surface area contributed by atoms with Gasteiger partial charge in [-0.15, -0.1) is 13.2 Å². The second-order valence-electron chi connectivity index (χ2n) is 2.88. The molecule has 0 N–H and O–H groups in total. The molecule has 1 aromatic heterocycles. The summed E-state index contributed by atoms with van der Waals surface area (Å²) in [4.78, 5) is 13.3. The fraction of sp³-hybridized carbons (Fsp3) is 0.250. The monoisotopic (exact) mass is 373 g/mol. The minimum Gasteiger partial charge on any atom is -0.404 e. The third-order valence-corrected chi connectivity index (χ3v) is 2.46. The van der Waals surface area contributed by atoms with Gasteiger partial charge in [-0.3, -0.25) is 10.1 Å². The van der Waals surface area contributed by atoms with Crippen molar-refractivity contribution in [2.75, 3.05) is 0 Å². The maximum atomic E-state index is 12.1. The quantitative estimate of drug-likeness (QED) is 0.352. The number of hydrogen-bond donors (Lipinski definition) is 0. The van der Waals surface area contributed by atoms with Crippen molar-refractivity contribution in [1.29, 1.82) is 5.26 Å². The average Bonchev–Trinajstić information content (AvgIpc) is 2.19. The van der Waals surface area contributed by atoms with Gasteiger partial charge < -0.3 is 4.74 Å². The molecular formula is C8H3F3IN3O3. The first kappa shape index (κ1) is 14.4. The molecule has 6 nitrogen and oxygen atoms in total. The van der Waals surface area contributed by atoms with E-state index in [2.05, 4.69) is 9.72 Å². The van der Waals surface area contributed by atoms with Crippen LogP contribution in [0.2, 0.25) is 0 Å². The highest BCUT2D eigenvalue weighted by atomic mass is 127. The summed E-state index contributed by atoms with van der Waals surface area (Å²) in [6.07, 6.45) is -5.45. The van der Waals surface area contributed by atoms with Crippen molar-refractivity contribution >= 4 is 28.3 Å². The first-order valence-corrected chi connectivity index (χ1v) is 5.29. The van der Waals surface area contributed by atoms with E-state index < -0.39 is 29.1 Å². The van der Waals surface area contributed by atoms with Crippen molar-refractivity contribution in [1.82, 2.24) is 4.98 Å². The molecule has 0 amide bonds. The van der Waals surface area contributed by atoms with Gasteiger partial charge in [-0.25, -0.2) is 4.98 Å². The normalized spacial score (nSPS) is 10.8. The topological polar surface area (TPSA) is 89.0 Å². The molecule has 0 radical (unpaired) electrons. The Morgan fingerprint density at radius 2 is 2.22 bits per heavy atom. The molecule has 1 heterocycles. The summed E-state index contributed by atoms with van der Waals surface area (Å²) in [5.41, 5.74) is -0.915. The van der Waals surface area contributed by atoms with Gasteiger partial charge in [0.1, 0.15) is 0 Å². The Morgan fingerprint density at radius 1 is 1.61 bits per heavy atom. The lowest BCUT2D eigenvalue weighted by Gasteiger charge is -2.11. The SMILES string of the molecule is N#CCc1nc(I)c([N+](=O)[O-])cc1OC(F)(F)F. The maximum absolute atomic E-state index is 12.1. The molecule has 1 rings (SSSR count). The molecule has 0 atom stereocenters. The number of ether oxygens (including phenoxy) is 1. The second kappa shape index (κ2) is 5.34. The Morgan fingerprint density at radius 3 is 2.67 bits per heavy atom. The summed E-state index contributed by atoms with van der Waals surface area (Å²) >= 11 is 1.50. The fourth-order valence-electron chi connectivity index (χ4n) is 1.04. The van der Waals surface area contributed by atoms with Gasteiger partial charge in [-0.2, -0.15) is 5.26 Å². The van der Waals surface area contributed by atoms with E-state index in [9.17, 15) is 23.3 Å². The first-order chi connectivity index (χ1) is 8.24. The van der Waals surface area contributed by atoms with Crippen LogP contribution in [0, 0.1) is 25.1 Å². The predicted molar refractivity (Wildman–Crippen MR) is 59.6 cm³/mol. The van der Waals surface area contributed by atoms with Crippen LogP contribution in [0.5, 0.6) is 5.75 Å². The largest absolute Gasteiger partial charge is 0.573 e. The number of alkyl halides is 3. The van der Waals surface area contributed by atoms with Gasteiger partial charge in [0.2, 0.25) is 0 Å². The molecular weight excluding hydrogens is 370 g/mol. The molecule has 18 heavy (non-hydrogen) atoms. The molecule has 96 valence electrons. The number of aromatic nitrogens is 1. The van der Waals surface area contributed by atoms with Crippen molar-refractivity contribution in [2.45, 2.75) is 12.8 Å². The Hall–Kier alpha value is -1.64. The van der Waals surface area contributed by atoms with Crippen LogP contribution >= 0.6 is 22.6 Å². The molecule has 0 unspecified atom stereocenters. The lowest BCUT2D eigenvalue weighted by Crippen LogP contribution is -2.19. The molecule has 0 aromatic carbocycles. The number of hydrogen-bond acceptors (Lipinski definition) is 5. The lowest BCUT2D eigenvalue weighted by atomic mass is 10.2. The zero-order valence-corrected chi connectivity index (χ0v) is 10.5. The first-order valence-electron chi connectivity index (χ1n) is 4.21. The highest BCUT2D eigenvalue weighted by Gasteiger charge is 2.33. The maximum Gasteiger partial charge on any atom is 0.573 e. The zero-order valence-electron chi connectivity index (χ0n) is 8.36. The molecule has 0 aliphatic heterocycles. The van der Waals surface area contributed by atoms with Crippen molar-refractivity contribution < 1.29 is 22.8 Å². The number of halogens is 4. The fourth-order valence-corrected chi connectivity index (χ4v) is 1.68. The van der Waals surface area contributed by atoms with Crippen LogP contribution in [-0.4, -0.2) is 16.3 Å². The molecule has 0 aliphatic rings. The summed E-state index contributed by atoms with van der Waals surface area (Å²) in [5.74, 6) is -0.837. The number of pyridine rings is 1. The minimum absolute atomic E-state index is 0.114. The van der Waals surface area contributed by atoms with E-state index in [4.69, 9.17) is 5.26 Å². The van der Waals surface area contributed by atoms with Gasteiger partial charge in [0.05, 0.1) is 29.2 Å². The van der Waals surface area contributed by atoms with E-state index >= 15 is 0 Å². The van der Waals surface area contributed by atoms with Crippen molar-refractivity contribution in [3.05, 3.63) is 25.6 Å². The van der Waals surface area contributed by atoms with Crippen LogP contribution in [0.4, 0.5) is 18.9 Å². The van der Waals surface area contributed by atoms with E-state index in [1.165, 1.54) is 22.6 Å². The minimum atomic E-state index is -5.01. The van der Waals surface area contributed by atoms with Crippen LogP contribution in [0.25, 0.3) is 0 Å². The summed E-state index contributed by atoms with van der Waals surface area (Å²) in [6, 6.07) is 2.21. The van der Waals surface area contributed by atoms with Gasteiger partial charge in [0.15, 0.2) is 9.45 Å². The number of nitriles is 1. The second-order valence-corrected chi connectivity index (χ2v) is 3.90. The highest BCUT2D eigenvalue weighted by Crippen LogP contribution is 2.31. The average molecular weight is 373 g/mol. The van der Waals surface area contributed by atoms with Crippen LogP contribution in [0.15, 0.2) is 6.07 Å². The molecule has 0 fully saturated rings. The van der Waals surface area contributed by atoms with Crippen LogP contribution < -0.4 is 4.74 Å². The van der Waals surface area contributed by atoms with E-state index in [1.807, 2.05) is 0 Å². The number of nitrogens with zero attached hydrogens (tertiary/aromatic N) is 3. The van der Waals surface area contributed by atoms with Crippen molar-refractivity contribution in [3.63, 3.8) is 0 Å². The predicted octanol–water partition coefficient (Wildman–Crippen LogP) is 2.56. The van der Waals surface area contributed by atoms with Crippen LogP contribution in [-0.2, 0) is 6.42 Å². The van der Waals surface area contributed by atoms with Crippen molar-refractivity contribution in [3.8, 4) is 11.8 Å². The smallest absolute Gasteiger partial charge is 0.404 e. The Bertz CT molecular complexity index is 527. The van der Waals surface area contributed by atoms with E-state index in [0.29, 0.717) is 6.07 Å². The van der Waals surface area contributed by atoms with Gasteiger partial charge >= 0.3 is 12.0 Å². The summed E-state index contributed by atoms with van der Waals surface area (Å²) in [6.45, 7) is 0. The number of rotatable bonds is 3. The van der Waals surface area contributed by atoms with Gasteiger partial charge in [0.25, 0.3) is 0 Å². The Balaban J connectivity index is 3.31. The Labute approximate surface area is 112 Å². The molecule has 0 saturated heterocycles. The molecule has 0 saturated carbocycles. The van der Waals surface area contributed by atoms with Gasteiger partial charge in [0, 0.05) is 0 Å². The Kier molecular flexibility index (Phi) is 4.28. The summed E-state index contributed by atoms with van der Waals surface area (Å²) in [5, 5.41) is 19.0. The van der Waals surface area contributed by atoms with Gasteiger partial charge in [-0.1, -0.05) is 0 Å². The van der Waals surface area contributed by atoms with Gasteiger partial charge in [-0.05, 0) is 22.6 Å². The standard InChI is InChI=1S/C8H3F3IN3O3/c9-8(10,11)18-6-3-5(15(16)17)7(12)14-4(6)1-2-13/h3H,1H2. The zero-order chi connectivity index (χ0) is 13.9. The molecule has 0 aliphatic carbocycles. The van der Waals surface area contributed by atoms with E-state index in [1.54, 1.807) is 6.07 Å².